The quantitative estimate of drug-likeness (QED) is 0.655. The Morgan fingerprint density at radius 1 is 1.24 bits per heavy atom. The minimum absolute atomic E-state index is 0.185. The molecule has 1 aliphatic carbocycles. The first-order valence-corrected chi connectivity index (χ1v) is 8.64. The van der Waals surface area contributed by atoms with Crippen LogP contribution in [0.15, 0.2) is 24.3 Å². The molecule has 0 saturated heterocycles. The average molecular weight is 361 g/mol. The SMILES string of the molecule is CC(=O)Nc1ccc(C(=O)COC(=O)c2cc3c(s2)CCC3)c(F)c1. The summed E-state index contributed by atoms with van der Waals surface area (Å²) >= 11 is 1.39. The molecule has 1 aromatic heterocycles. The van der Waals surface area contributed by atoms with Crippen LogP contribution in [0, 0.1) is 5.82 Å². The van der Waals surface area contributed by atoms with E-state index in [-0.39, 0.29) is 17.2 Å². The van der Waals surface area contributed by atoms with Gasteiger partial charge < -0.3 is 10.1 Å². The smallest absolute Gasteiger partial charge is 0.348 e. The van der Waals surface area contributed by atoms with Gasteiger partial charge in [0.1, 0.15) is 10.7 Å². The van der Waals surface area contributed by atoms with Gasteiger partial charge in [-0.2, -0.15) is 0 Å². The van der Waals surface area contributed by atoms with Gasteiger partial charge in [0.05, 0.1) is 5.56 Å². The van der Waals surface area contributed by atoms with E-state index in [1.807, 2.05) is 6.07 Å². The summed E-state index contributed by atoms with van der Waals surface area (Å²) in [6.07, 6.45) is 3.03. The number of hydrogen-bond acceptors (Lipinski definition) is 5. The fourth-order valence-electron chi connectivity index (χ4n) is 2.73. The van der Waals surface area contributed by atoms with Crippen LogP contribution in [0.4, 0.5) is 10.1 Å². The van der Waals surface area contributed by atoms with Crippen molar-refractivity contribution in [2.75, 3.05) is 11.9 Å². The number of ketones is 1. The van der Waals surface area contributed by atoms with E-state index in [0.29, 0.717) is 4.88 Å². The summed E-state index contributed by atoms with van der Waals surface area (Å²) in [4.78, 5) is 36.7. The van der Waals surface area contributed by atoms with Crippen molar-refractivity contribution in [2.24, 2.45) is 0 Å². The first-order chi connectivity index (χ1) is 11.9. The van der Waals surface area contributed by atoms with Gasteiger partial charge in [0.15, 0.2) is 6.61 Å². The molecule has 7 heteroatoms. The zero-order valence-electron chi connectivity index (χ0n) is 13.6. The van der Waals surface area contributed by atoms with Gasteiger partial charge in [-0.1, -0.05) is 0 Å². The van der Waals surface area contributed by atoms with Gasteiger partial charge >= 0.3 is 5.97 Å². The lowest BCUT2D eigenvalue weighted by Crippen LogP contribution is -2.15. The molecule has 1 N–H and O–H groups in total. The van der Waals surface area contributed by atoms with Crippen molar-refractivity contribution in [3.8, 4) is 0 Å². The molecule has 0 saturated carbocycles. The molecule has 1 amide bonds. The lowest BCUT2D eigenvalue weighted by Gasteiger charge is -2.07. The Hall–Kier alpha value is -2.54. The normalized spacial score (nSPS) is 12.6. The first kappa shape index (κ1) is 17.3. The number of anilines is 1. The second-order valence-electron chi connectivity index (χ2n) is 5.79. The number of carbonyl (C=O) groups is 3. The molecule has 1 heterocycles. The maximum atomic E-state index is 14.0. The van der Waals surface area contributed by atoms with Gasteiger partial charge in [-0.05, 0) is 49.1 Å². The van der Waals surface area contributed by atoms with E-state index in [2.05, 4.69) is 5.32 Å². The van der Waals surface area contributed by atoms with E-state index in [1.165, 1.54) is 40.8 Å². The lowest BCUT2D eigenvalue weighted by molar-refractivity contribution is -0.114. The van der Waals surface area contributed by atoms with E-state index >= 15 is 0 Å². The number of ether oxygens (including phenoxy) is 1. The highest BCUT2D eigenvalue weighted by molar-refractivity contribution is 7.14. The van der Waals surface area contributed by atoms with Crippen molar-refractivity contribution in [3.05, 3.63) is 51.0 Å². The van der Waals surface area contributed by atoms with Gasteiger partial charge in [-0.15, -0.1) is 11.3 Å². The number of halogens is 1. The van der Waals surface area contributed by atoms with Crippen LogP contribution in [-0.2, 0) is 22.4 Å². The van der Waals surface area contributed by atoms with Crippen molar-refractivity contribution in [1.29, 1.82) is 0 Å². The fourth-order valence-corrected chi connectivity index (χ4v) is 3.88. The Balaban J connectivity index is 1.61. The maximum absolute atomic E-state index is 14.0. The maximum Gasteiger partial charge on any atom is 0.348 e. The highest BCUT2D eigenvalue weighted by atomic mass is 32.1. The number of aryl methyl sites for hydroxylation is 2. The predicted octanol–water partition coefficient (Wildman–Crippen LogP) is 3.37. The summed E-state index contributed by atoms with van der Waals surface area (Å²) in [5.41, 5.74) is 1.24. The van der Waals surface area contributed by atoms with Crippen LogP contribution in [0.5, 0.6) is 0 Å². The van der Waals surface area contributed by atoms with Crippen LogP contribution in [0.2, 0.25) is 0 Å². The number of nitrogens with one attached hydrogen (secondary N) is 1. The van der Waals surface area contributed by atoms with Crippen LogP contribution in [0.25, 0.3) is 0 Å². The van der Waals surface area contributed by atoms with E-state index in [1.54, 1.807) is 0 Å². The van der Waals surface area contributed by atoms with Crippen LogP contribution in [-0.4, -0.2) is 24.3 Å². The third kappa shape index (κ3) is 3.93. The molecule has 0 fully saturated rings. The molecule has 0 bridgehead atoms. The number of Topliss-reactive ketones (excluding diaryl/α,β-unsaturated/α-hetero) is 1. The molecular weight excluding hydrogens is 345 g/mol. The number of thiophene rings is 1. The number of carbonyl (C=O) groups excluding carboxylic acids is 3. The molecular formula is C18H16FNO4S. The third-order valence-corrected chi connectivity index (χ3v) is 5.09. The van der Waals surface area contributed by atoms with Crippen molar-refractivity contribution in [3.63, 3.8) is 0 Å². The minimum atomic E-state index is -0.776. The first-order valence-electron chi connectivity index (χ1n) is 7.83. The molecule has 3 rings (SSSR count). The van der Waals surface area contributed by atoms with Crippen molar-refractivity contribution in [2.45, 2.75) is 26.2 Å². The zero-order valence-corrected chi connectivity index (χ0v) is 14.4. The largest absolute Gasteiger partial charge is 0.453 e. The van der Waals surface area contributed by atoms with Gasteiger partial charge in [0, 0.05) is 17.5 Å². The van der Waals surface area contributed by atoms with Gasteiger partial charge in [-0.3, -0.25) is 9.59 Å². The number of amides is 1. The highest BCUT2D eigenvalue weighted by Crippen LogP contribution is 2.31. The molecule has 25 heavy (non-hydrogen) atoms. The second-order valence-corrected chi connectivity index (χ2v) is 6.92. The molecule has 1 aromatic carbocycles. The van der Waals surface area contributed by atoms with Crippen LogP contribution in [0.3, 0.4) is 0 Å². The zero-order chi connectivity index (χ0) is 18.0. The standard InChI is InChI=1S/C18H16FNO4S/c1-10(21)20-12-5-6-13(14(19)8-12)15(22)9-24-18(23)17-7-11-3-2-4-16(11)25-17/h5-8H,2-4,9H2,1H3,(H,20,21). The number of esters is 1. The average Bonchev–Trinajstić information content (AvgIpc) is 3.13. The van der Waals surface area contributed by atoms with Crippen LogP contribution < -0.4 is 5.32 Å². The number of hydrogen-bond donors (Lipinski definition) is 1. The number of fused-ring (bicyclic) bond motifs is 1. The summed E-state index contributed by atoms with van der Waals surface area (Å²) < 4.78 is 19.0. The third-order valence-electron chi connectivity index (χ3n) is 3.87. The molecule has 130 valence electrons. The molecule has 0 radical (unpaired) electrons. The Bertz CT molecular complexity index is 837. The second kappa shape index (κ2) is 7.14. The molecule has 0 atom stereocenters. The molecule has 5 nitrogen and oxygen atoms in total. The summed E-state index contributed by atoms with van der Waals surface area (Å²) in [5.74, 6) is -2.31. The Morgan fingerprint density at radius 3 is 2.72 bits per heavy atom. The summed E-state index contributed by atoms with van der Waals surface area (Å²) in [6, 6.07) is 5.54. The lowest BCUT2D eigenvalue weighted by atomic mass is 10.1. The van der Waals surface area contributed by atoms with Crippen molar-refractivity contribution < 1.29 is 23.5 Å². The molecule has 1 aliphatic rings. The fraction of sp³-hybridized carbons (Fsp3) is 0.278. The summed E-state index contributed by atoms with van der Waals surface area (Å²) in [7, 11) is 0. The topological polar surface area (TPSA) is 72.5 Å². The Morgan fingerprint density at radius 2 is 2.04 bits per heavy atom. The van der Waals surface area contributed by atoms with Gasteiger partial charge in [0.2, 0.25) is 11.7 Å². The summed E-state index contributed by atoms with van der Waals surface area (Å²) in [5, 5.41) is 2.43. The number of rotatable bonds is 5. The van der Waals surface area contributed by atoms with Crippen LogP contribution >= 0.6 is 11.3 Å². The molecule has 0 aliphatic heterocycles. The highest BCUT2D eigenvalue weighted by Gasteiger charge is 2.21. The Labute approximate surface area is 147 Å². The molecule has 0 spiro atoms. The van der Waals surface area contributed by atoms with Crippen molar-refractivity contribution in [1.82, 2.24) is 0 Å². The monoisotopic (exact) mass is 361 g/mol. The molecule has 0 unspecified atom stereocenters. The summed E-state index contributed by atoms with van der Waals surface area (Å²) in [6.45, 7) is 0.772. The van der Waals surface area contributed by atoms with E-state index in [9.17, 15) is 18.8 Å². The van der Waals surface area contributed by atoms with E-state index in [4.69, 9.17) is 4.74 Å². The minimum Gasteiger partial charge on any atom is -0.453 e. The van der Waals surface area contributed by atoms with E-state index < -0.39 is 24.2 Å². The van der Waals surface area contributed by atoms with Crippen molar-refractivity contribution >= 4 is 34.7 Å². The van der Waals surface area contributed by atoms with E-state index in [0.717, 1.165) is 25.3 Å². The Kier molecular flexibility index (Phi) is 4.94. The van der Waals surface area contributed by atoms with Crippen LogP contribution in [0.1, 0.15) is 43.8 Å². The number of benzene rings is 1. The predicted molar refractivity (Wildman–Crippen MR) is 91.7 cm³/mol. The van der Waals surface area contributed by atoms with Gasteiger partial charge in [-0.25, -0.2) is 9.18 Å². The molecule has 2 aromatic rings. The van der Waals surface area contributed by atoms with Gasteiger partial charge in [0.25, 0.3) is 0 Å².